The summed E-state index contributed by atoms with van der Waals surface area (Å²) < 4.78 is 87.5. The molecule has 2 aliphatic rings. The maximum Gasteiger partial charge on any atom is -1.00 e. The van der Waals surface area contributed by atoms with Gasteiger partial charge in [0.2, 0.25) is 0 Å². The van der Waals surface area contributed by atoms with Crippen molar-refractivity contribution in [3.63, 3.8) is 0 Å². The van der Waals surface area contributed by atoms with Gasteiger partial charge < -0.3 is 24.8 Å². The Morgan fingerprint density at radius 2 is 1.03 bits per heavy atom. The number of rotatable bonds is 7. The number of allylic oxidation sites excluding steroid dienone is 4. The van der Waals surface area contributed by atoms with Crippen molar-refractivity contribution in [3.05, 3.63) is 173 Å². The van der Waals surface area contributed by atoms with Gasteiger partial charge in [-0.2, -0.15) is 0 Å². The summed E-state index contributed by atoms with van der Waals surface area (Å²) in [7, 11) is 0. The molecule has 2 aliphatic carbocycles. The van der Waals surface area contributed by atoms with Gasteiger partial charge in [-0.3, -0.25) is 0 Å². The van der Waals surface area contributed by atoms with Gasteiger partial charge in [-0.1, -0.05) is 0 Å². The summed E-state index contributed by atoms with van der Waals surface area (Å²) >= 11 is -3.75. The molecule has 0 saturated heterocycles. The van der Waals surface area contributed by atoms with Gasteiger partial charge in [0, 0.05) is 0 Å². The zero-order valence-corrected chi connectivity index (χ0v) is 44.4. The smallest absolute Gasteiger partial charge is 1.00 e. The summed E-state index contributed by atoms with van der Waals surface area (Å²) in [4.78, 5) is 0. The van der Waals surface area contributed by atoms with E-state index in [2.05, 4.69) is 145 Å². The van der Waals surface area contributed by atoms with Crippen LogP contribution in [0.15, 0.2) is 112 Å². The van der Waals surface area contributed by atoms with E-state index in [0.717, 1.165) is 51.4 Å². The van der Waals surface area contributed by atoms with Crippen LogP contribution in [0.2, 0.25) is 0 Å². The summed E-state index contributed by atoms with van der Waals surface area (Å²) in [5.41, 5.74) is 13.4. The standard InChI is InChI=1S/C30H35.C15H8F6.C12H19.2ClH.Zr/c1-18-12-19(2)28(20(3)13-18)26-15-22-14-21-10-11-23(29(4,5)6)16-24(21)25(22)17-27(26)30(7,8)9;16-14(17,18)12-5-1-10(2-6-12)9-11-3-7-13(8-4-11)15(19,20)21;1-5-6-10-7-8-11(9-10)12(2,3)4;;;/h10-17H,1-9H3;1-8H;8-10H,5-6H2,1-4H3;2*1H;/q;;;;;+2/p-2. The first kappa shape index (κ1) is 53.4. The molecule has 9 heteroatoms. The molecule has 0 heterocycles. The Balaban J connectivity index is 0.00000408. The van der Waals surface area contributed by atoms with Crippen molar-refractivity contribution >= 4 is 3.21 Å². The van der Waals surface area contributed by atoms with Crippen LogP contribution in [0.4, 0.5) is 26.3 Å². The minimum absolute atomic E-state index is 0. The molecule has 350 valence electrons. The molecule has 0 bridgehead atoms. The van der Waals surface area contributed by atoms with Crippen molar-refractivity contribution in [1.29, 1.82) is 0 Å². The van der Waals surface area contributed by atoms with Crippen LogP contribution >= 0.6 is 0 Å². The molecule has 2 atom stereocenters. The van der Waals surface area contributed by atoms with Crippen LogP contribution in [-0.2, 0) is 44.4 Å². The molecule has 0 fully saturated rings. The van der Waals surface area contributed by atoms with E-state index in [9.17, 15) is 26.3 Å². The average Bonchev–Trinajstić information content (AvgIpc) is 3.74. The van der Waals surface area contributed by atoms with Gasteiger partial charge in [0.15, 0.2) is 0 Å². The summed E-state index contributed by atoms with van der Waals surface area (Å²) in [6.07, 6.45) is -2.51. The van der Waals surface area contributed by atoms with Crippen molar-refractivity contribution in [2.45, 2.75) is 130 Å². The van der Waals surface area contributed by atoms with Gasteiger partial charge in [0.05, 0.1) is 0 Å². The molecule has 66 heavy (non-hydrogen) atoms. The number of hydrogen-bond acceptors (Lipinski definition) is 0. The van der Waals surface area contributed by atoms with E-state index >= 15 is 0 Å². The third kappa shape index (κ3) is 10.5. The molecule has 5 aromatic rings. The maximum atomic E-state index is 14.2. The topological polar surface area (TPSA) is 0 Å². The second kappa shape index (κ2) is 19.1. The van der Waals surface area contributed by atoms with Crippen LogP contribution in [0.25, 0.3) is 22.3 Å². The normalized spacial score (nSPS) is 16.0. The van der Waals surface area contributed by atoms with Gasteiger partial charge in [-0.25, -0.2) is 0 Å². The molecular weight excluding hydrogens is 961 g/mol. The Labute approximate surface area is 409 Å². The molecule has 5 aromatic carbocycles. The van der Waals surface area contributed by atoms with E-state index in [1.165, 1.54) is 58.9 Å². The van der Waals surface area contributed by atoms with Crippen molar-refractivity contribution in [1.82, 2.24) is 0 Å². The Bertz CT molecular complexity index is 2630. The predicted molar refractivity (Wildman–Crippen MR) is 251 cm³/mol. The Morgan fingerprint density at radius 3 is 1.47 bits per heavy atom. The maximum absolute atomic E-state index is 14.2. The molecule has 0 radical (unpaired) electrons. The zero-order chi connectivity index (χ0) is 47.1. The second-order valence-electron chi connectivity index (χ2n) is 21.3. The molecule has 2 unspecified atom stereocenters. The molecule has 0 saturated carbocycles. The van der Waals surface area contributed by atoms with Crippen LogP contribution in [0.5, 0.6) is 0 Å². The molecule has 7 rings (SSSR count). The summed E-state index contributed by atoms with van der Waals surface area (Å²) in [6.45, 7) is 28.7. The Hall–Kier alpha value is -3.51. The fraction of sp³-hybridized carbons (Fsp3) is 0.386. The number of alkyl halides is 6. The minimum atomic E-state index is -4.55. The monoisotopic (exact) mass is 1020 g/mol. The van der Waals surface area contributed by atoms with E-state index in [1.807, 2.05) is 0 Å². The van der Waals surface area contributed by atoms with Gasteiger partial charge in [-0.05, 0) is 0 Å². The van der Waals surface area contributed by atoms with Crippen molar-refractivity contribution in [2.24, 2.45) is 11.3 Å². The summed E-state index contributed by atoms with van der Waals surface area (Å²) in [6, 6.07) is 27.0. The van der Waals surface area contributed by atoms with Crippen LogP contribution in [0.1, 0.15) is 147 Å². The van der Waals surface area contributed by atoms with Crippen LogP contribution in [0.3, 0.4) is 0 Å². The fourth-order valence-corrected chi connectivity index (χ4v) is 19.6. The van der Waals surface area contributed by atoms with Gasteiger partial charge in [0.1, 0.15) is 0 Å². The number of aryl methyl sites for hydroxylation is 3. The van der Waals surface area contributed by atoms with Crippen molar-refractivity contribution in [3.8, 4) is 22.3 Å². The first-order valence-corrected chi connectivity index (χ1v) is 26.4. The van der Waals surface area contributed by atoms with Gasteiger partial charge in [0.25, 0.3) is 0 Å². The molecule has 0 spiro atoms. The molecule has 0 aliphatic heterocycles. The number of benzene rings is 5. The van der Waals surface area contributed by atoms with Crippen molar-refractivity contribution < 1.29 is 72.4 Å². The fourth-order valence-electron chi connectivity index (χ4n) is 10.0. The van der Waals surface area contributed by atoms with Gasteiger partial charge >= 0.3 is 387 Å². The summed E-state index contributed by atoms with van der Waals surface area (Å²) in [5.74, 6) is 0.0729. The largest absolute Gasteiger partial charge is 1.00 e. The average molecular weight is 1020 g/mol. The van der Waals surface area contributed by atoms with Crippen LogP contribution in [0, 0.1) is 32.1 Å². The van der Waals surface area contributed by atoms with E-state index in [0.29, 0.717) is 11.1 Å². The van der Waals surface area contributed by atoms with E-state index < -0.39 is 44.7 Å². The van der Waals surface area contributed by atoms with Crippen LogP contribution in [-0.4, -0.2) is 3.21 Å². The molecule has 0 amide bonds. The molecule has 0 N–H and O–H groups in total. The predicted octanol–water partition coefficient (Wildman–Crippen LogP) is 11.2. The molecule has 0 nitrogen and oxygen atoms in total. The van der Waals surface area contributed by atoms with E-state index in [1.54, 1.807) is 24.3 Å². The van der Waals surface area contributed by atoms with Crippen LogP contribution < -0.4 is 24.8 Å². The number of halogens is 8. The summed E-state index contributed by atoms with van der Waals surface area (Å²) in [5, 5.41) is 0. The molecular formula is C57H62Cl2F6Zr. The van der Waals surface area contributed by atoms with Gasteiger partial charge in [-0.15, -0.1) is 0 Å². The quantitative estimate of drug-likeness (QED) is 0.143. The first-order valence-electron chi connectivity index (χ1n) is 22.5. The van der Waals surface area contributed by atoms with Crippen molar-refractivity contribution in [2.75, 3.05) is 0 Å². The third-order valence-electron chi connectivity index (χ3n) is 13.2. The van der Waals surface area contributed by atoms with E-state index in [-0.39, 0.29) is 50.6 Å². The third-order valence-corrected chi connectivity index (χ3v) is 21.7. The van der Waals surface area contributed by atoms with E-state index in [4.69, 9.17) is 0 Å². The molecule has 0 aromatic heterocycles. The first-order chi connectivity index (χ1) is 29.6. The zero-order valence-electron chi connectivity index (χ0n) is 40.4. The SMILES string of the molecule is CCCC1C=C(C(C)(C)C)C=[C]1[Zr+2](=[C](c1ccc(C(F)(F)F)cc1)c1ccc(C(F)(F)F)cc1)[CH]1c2ccc(C(C)(C)C)cc2-c2cc(C(C)(C)C)c(-c3c(C)cc(C)cc3C)cc21.[Cl-].[Cl-]. The second-order valence-corrected chi connectivity index (χ2v) is 27.4. The minimum Gasteiger partial charge on any atom is -1.00 e. The Morgan fingerprint density at radius 1 is 0.545 bits per heavy atom. The Kier molecular flexibility index (Phi) is 15.5. The number of hydrogen-bond donors (Lipinski definition) is 0. The number of fused-ring (bicyclic) bond motifs is 3.